The number of carbonyl (C=O) groups excluding carboxylic acids is 1. The lowest BCUT2D eigenvalue weighted by Crippen LogP contribution is -2.31. The summed E-state index contributed by atoms with van der Waals surface area (Å²) in [5, 5.41) is 8.02. The van der Waals surface area contributed by atoms with Crippen LogP contribution in [-0.2, 0) is 11.2 Å². The molecule has 1 aliphatic rings. The van der Waals surface area contributed by atoms with Gasteiger partial charge in [-0.3, -0.25) is 4.79 Å². The smallest absolute Gasteiger partial charge is 0.223 e. The van der Waals surface area contributed by atoms with Gasteiger partial charge >= 0.3 is 0 Å². The Morgan fingerprint density at radius 2 is 2.25 bits per heavy atom. The van der Waals surface area contributed by atoms with Crippen LogP contribution in [0, 0.1) is 6.92 Å². The molecule has 7 nitrogen and oxygen atoms in total. The molecule has 2 aromatic rings. The minimum absolute atomic E-state index is 0.0492. The predicted molar refractivity (Wildman–Crippen MR) is 87.2 cm³/mol. The van der Waals surface area contributed by atoms with E-state index in [2.05, 4.69) is 20.2 Å². The summed E-state index contributed by atoms with van der Waals surface area (Å²) in [6.07, 6.45) is 4.55. The number of nitrogens with zero attached hydrogens (tertiary/aromatic N) is 5. The highest BCUT2D eigenvalue weighted by molar-refractivity contribution is 5.77. The van der Waals surface area contributed by atoms with Crippen molar-refractivity contribution in [1.29, 1.82) is 0 Å². The van der Waals surface area contributed by atoms with Crippen molar-refractivity contribution < 1.29 is 9.21 Å². The van der Waals surface area contributed by atoms with Crippen molar-refractivity contribution >= 4 is 5.91 Å². The second-order valence-electron chi connectivity index (χ2n) is 6.46. The van der Waals surface area contributed by atoms with E-state index in [9.17, 15) is 4.79 Å². The summed E-state index contributed by atoms with van der Waals surface area (Å²) >= 11 is 0. The van der Waals surface area contributed by atoms with Gasteiger partial charge in [-0.2, -0.15) is 0 Å². The predicted octanol–water partition coefficient (Wildman–Crippen LogP) is 2.59. The Kier molecular flexibility index (Phi) is 4.87. The van der Waals surface area contributed by atoms with Gasteiger partial charge in [-0.25, -0.2) is 9.97 Å². The van der Waals surface area contributed by atoms with Crippen molar-refractivity contribution in [3.63, 3.8) is 0 Å². The van der Waals surface area contributed by atoms with Crippen molar-refractivity contribution in [3.05, 3.63) is 35.6 Å². The number of hydrogen-bond donors (Lipinski definition) is 0. The monoisotopic (exact) mass is 329 g/mol. The van der Waals surface area contributed by atoms with Gasteiger partial charge < -0.3 is 9.32 Å². The van der Waals surface area contributed by atoms with E-state index in [1.807, 2.05) is 31.7 Å². The second-order valence-corrected chi connectivity index (χ2v) is 6.46. The van der Waals surface area contributed by atoms with Gasteiger partial charge in [0.05, 0.1) is 11.7 Å². The number of aryl methyl sites for hydroxylation is 2. The van der Waals surface area contributed by atoms with Crippen LogP contribution in [0.5, 0.6) is 0 Å². The van der Waals surface area contributed by atoms with Crippen molar-refractivity contribution in [2.24, 2.45) is 0 Å². The van der Waals surface area contributed by atoms with E-state index in [0.29, 0.717) is 24.6 Å². The lowest BCUT2D eigenvalue weighted by Gasteiger charge is -2.24. The molecule has 0 spiro atoms. The summed E-state index contributed by atoms with van der Waals surface area (Å²) in [6.45, 7) is 6.64. The quantitative estimate of drug-likeness (QED) is 0.838. The fraction of sp³-hybridized carbons (Fsp3) is 0.588. The Hall–Kier alpha value is -2.31. The molecule has 7 heteroatoms. The minimum atomic E-state index is 0.0492. The Balaban J connectivity index is 1.63. The molecule has 1 atom stereocenters. The van der Waals surface area contributed by atoms with Gasteiger partial charge in [-0.05, 0) is 25.8 Å². The average molecular weight is 329 g/mol. The van der Waals surface area contributed by atoms with Crippen LogP contribution in [-0.4, -0.2) is 37.5 Å². The number of hydrogen-bond acceptors (Lipinski definition) is 6. The fourth-order valence-corrected chi connectivity index (χ4v) is 2.99. The van der Waals surface area contributed by atoms with Crippen LogP contribution in [0.25, 0.3) is 0 Å². The van der Waals surface area contributed by atoms with Gasteiger partial charge in [-0.1, -0.05) is 13.8 Å². The van der Waals surface area contributed by atoms with Gasteiger partial charge in [-0.15, -0.1) is 10.2 Å². The summed E-state index contributed by atoms with van der Waals surface area (Å²) in [5.41, 5.74) is 0.924. The van der Waals surface area contributed by atoms with Crippen LogP contribution in [0.2, 0.25) is 0 Å². The van der Waals surface area contributed by atoms with Crippen LogP contribution in [0.15, 0.2) is 16.7 Å². The lowest BCUT2D eigenvalue weighted by molar-refractivity contribution is -0.132. The highest BCUT2D eigenvalue weighted by Crippen LogP contribution is 2.31. The molecule has 1 fully saturated rings. The molecule has 0 N–H and O–H groups in total. The maximum atomic E-state index is 12.6. The molecule has 0 aliphatic carbocycles. The number of amides is 1. The molecule has 0 radical (unpaired) electrons. The molecule has 0 aromatic carbocycles. The molecule has 1 saturated heterocycles. The van der Waals surface area contributed by atoms with Crippen LogP contribution in [0.4, 0.5) is 0 Å². The van der Waals surface area contributed by atoms with Crippen molar-refractivity contribution in [3.8, 4) is 0 Å². The molecule has 1 amide bonds. The largest absolute Gasteiger partial charge is 0.425 e. The topological polar surface area (TPSA) is 85.0 Å². The first kappa shape index (κ1) is 16.5. The molecule has 0 bridgehead atoms. The fourth-order valence-electron chi connectivity index (χ4n) is 2.99. The summed E-state index contributed by atoms with van der Waals surface area (Å²) in [4.78, 5) is 23.2. The van der Waals surface area contributed by atoms with Crippen LogP contribution in [0.3, 0.4) is 0 Å². The highest BCUT2D eigenvalue weighted by atomic mass is 16.4. The minimum Gasteiger partial charge on any atom is -0.425 e. The number of likely N-dealkylation sites (tertiary alicyclic amines) is 1. The number of carbonyl (C=O) groups is 1. The van der Waals surface area contributed by atoms with Crippen molar-refractivity contribution in [2.75, 3.05) is 6.54 Å². The van der Waals surface area contributed by atoms with Gasteiger partial charge in [0.25, 0.3) is 0 Å². The van der Waals surface area contributed by atoms with Gasteiger partial charge in [0.15, 0.2) is 0 Å². The third-order valence-corrected chi connectivity index (χ3v) is 4.24. The molecule has 24 heavy (non-hydrogen) atoms. The Morgan fingerprint density at radius 3 is 2.96 bits per heavy atom. The zero-order chi connectivity index (χ0) is 17.1. The van der Waals surface area contributed by atoms with E-state index in [-0.39, 0.29) is 17.9 Å². The van der Waals surface area contributed by atoms with Crippen molar-refractivity contribution in [2.45, 2.75) is 58.4 Å². The standard InChI is InChI=1S/C17H23N5O2/c1-11(2)17-21-20-15(24-17)6-7-16(23)22-10-4-5-14(22)13-8-9-18-12(3)19-13/h8-9,11,14H,4-7,10H2,1-3H3/t14-/m1/s1. The zero-order valence-electron chi connectivity index (χ0n) is 14.4. The van der Waals surface area contributed by atoms with E-state index in [1.54, 1.807) is 6.20 Å². The normalized spacial score (nSPS) is 17.7. The molecule has 128 valence electrons. The highest BCUT2D eigenvalue weighted by Gasteiger charge is 2.30. The van der Waals surface area contributed by atoms with E-state index < -0.39 is 0 Å². The van der Waals surface area contributed by atoms with E-state index >= 15 is 0 Å². The van der Waals surface area contributed by atoms with E-state index in [0.717, 1.165) is 30.9 Å². The van der Waals surface area contributed by atoms with Gasteiger partial charge in [0.2, 0.25) is 17.7 Å². The Bertz CT molecular complexity index is 713. The molecule has 0 saturated carbocycles. The van der Waals surface area contributed by atoms with Crippen LogP contribution < -0.4 is 0 Å². The zero-order valence-corrected chi connectivity index (χ0v) is 14.4. The van der Waals surface area contributed by atoms with Crippen LogP contribution in [0.1, 0.15) is 68.4 Å². The summed E-state index contributed by atoms with van der Waals surface area (Å²) in [6, 6.07) is 1.95. The van der Waals surface area contributed by atoms with E-state index in [4.69, 9.17) is 4.42 Å². The molecule has 2 aromatic heterocycles. The third kappa shape index (κ3) is 3.60. The van der Waals surface area contributed by atoms with Crippen LogP contribution >= 0.6 is 0 Å². The molecular weight excluding hydrogens is 306 g/mol. The second kappa shape index (κ2) is 7.07. The SMILES string of the molecule is Cc1nccc([C@H]2CCCN2C(=O)CCc2nnc(C(C)C)o2)n1. The van der Waals surface area contributed by atoms with E-state index in [1.165, 1.54) is 0 Å². The van der Waals surface area contributed by atoms with Gasteiger partial charge in [0, 0.05) is 31.5 Å². The molecule has 3 heterocycles. The molecule has 3 rings (SSSR count). The molecule has 1 aliphatic heterocycles. The first-order valence-corrected chi connectivity index (χ1v) is 8.46. The first-order valence-electron chi connectivity index (χ1n) is 8.46. The van der Waals surface area contributed by atoms with Crippen molar-refractivity contribution in [1.82, 2.24) is 25.1 Å². The Labute approximate surface area is 141 Å². The molecular formula is C17H23N5O2. The maximum Gasteiger partial charge on any atom is 0.223 e. The number of rotatable bonds is 5. The third-order valence-electron chi connectivity index (χ3n) is 4.24. The van der Waals surface area contributed by atoms with Gasteiger partial charge in [0.1, 0.15) is 5.82 Å². The Morgan fingerprint density at radius 1 is 1.42 bits per heavy atom. The summed E-state index contributed by atoms with van der Waals surface area (Å²) < 4.78 is 5.57. The maximum absolute atomic E-state index is 12.6. The molecule has 0 unspecified atom stereocenters. The first-order chi connectivity index (χ1) is 11.5. The number of aromatic nitrogens is 4. The summed E-state index contributed by atoms with van der Waals surface area (Å²) in [7, 11) is 0. The lowest BCUT2D eigenvalue weighted by atomic mass is 10.1. The summed E-state index contributed by atoms with van der Waals surface area (Å²) in [5.74, 6) is 2.19. The average Bonchev–Trinajstić information content (AvgIpc) is 3.22.